The minimum atomic E-state index is -0.364. The Morgan fingerprint density at radius 2 is 2.33 bits per heavy atom. The Morgan fingerprint density at radius 1 is 1.67 bits per heavy atom. The van der Waals surface area contributed by atoms with Crippen molar-refractivity contribution in [3.05, 3.63) is 0 Å². The molecule has 1 aliphatic rings. The number of β-amino-alcohol motifs (C(OH)–C–C–N with tert-alkyl or cyclic N) is 1. The summed E-state index contributed by atoms with van der Waals surface area (Å²) in [4.78, 5) is 12.9. The van der Waals surface area contributed by atoms with Gasteiger partial charge in [0, 0.05) is 12.6 Å². The van der Waals surface area contributed by atoms with Crippen LogP contribution in [0.3, 0.4) is 0 Å². The number of amides is 1. The second-order valence-corrected chi connectivity index (χ2v) is 3.33. The van der Waals surface area contributed by atoms with Crippen LogP contribution in [0.4, 0.5) is 0 Å². The Kier molecular flexibility index (Phi) is 3.05. The van der Waals surface area contributed by atoms with Crippen LogP contribution in [0.2, 0.25) is 0 Å². The van der Waals surface area contributed by atoms with E-state index >= 15 is 0 Å². The van der Waals surface area contributed by atoms with Crippen molar-refractivity contribution >= 4 is 5.91 Å². The molecule has 70 valence electrons. The lowest BCUT2D eigenvalue weighted by atomic mass is 10.0. The molecular formula is C8H16N2O2. The highest BCUT2D eigenvalue weighted by atomic mass is 16.3. The molecule has 2 atom stereocenters. The summed E-state index contributed by atoms with van der Waals surface area (Å²) in [5, 5.41) is 9.31. The number of hydrogen-bond donors (Lipinski definition) is 2. The first kappa shape index (κ1) is 9.48. The van der Waals surface area contributed by atoms with Gasteiger partial charge in [-0.2, -0.15) is 0 Å². The monoisotopic (exact) mass is 172 g/mol. The van der Waals surface area contributed by atoms with Gasteiger partial charge in [0.2, 0.25) is 5.91 Å². The topological polar surface area (TPSA) is 66.6 Å². The van der Waals surface area contributed by atoms with Gasteiger partial charge in [0.05, 0.1) is 12.6 Å². The third-order valence-electron chi connectivity index (χ3n) is 2.35. The summed E-state index contributed by atoms with van der Waals surface area (Å²) >= 11 is 0. The summed E-state index contributed by atoms with van der Waals surface area (Å²) in [5.74, 6) is -0.0683. The van der Waals surface area contributed by atoms with Crippen molar-refractivity contribution in [2.45, 2.75) is 31.9 Å². The molecule has 1 aliphatic heterocycles. The van der Waals surface area contributed by atoms with E-state index in [0.717, 1.165) is 12.8 Å². The molecule has 0 bridgehead atoms. The number of likely N-dealkylation sites (tertiary alicyclic amines) is 1. The molecule has 0 aromatic carbocycles. The number of nitrogens with zero attached hydrogens (tertiary/aromatic N) is 1. The van der Waals surface area contributed by atoms with Gasteiger partial charge in [-0.25, -0.2) is 0 Å². The van der Waals surface area contributed by atoms with Crippen LogP contribution in [0.1, 0.15) is 19.8 Å². The third-order valence-corrected chi connectivity index (χ3v) is 2.35. The fraction of sp³-hybridized carbons (Fsp3) is 0.875. The van der Waals surface area contributed by atoms with E-state index < -0.39 is 0 Å². The lowest BCUT2D eigenvalue weighted by molar-refractivity contribution is -0.135. The second kappa shape index (κ2) is 3.87. The van der Waals surface area contributed by atoms with E-state index in [1.54, 1.807) is 4.90 Å². The van der Waals surface area contributed by atoms with Crippen LogP contribution in [0, 0.1) is 0 Å². The molecule has 4 nitrogen and oxygen atoms in total. The van der Waals surface area contributed by atoms with Gasteiger partial charge in [-0.05, 0) is 19.8 Å². The molecule has 12 heavy (non-hydrogen) atoms. The van der Waals surface area contributed by atoms with Crippen molar-refractivity contribution in [2.75, 3.05) is 13.1 Å². The molecule has 0 spiro atoms. The number of aliphatic hydroxyl groups excluding tert-OH is 1. The van der Waals surface area contributed by atoms with E-state index in [2.05, 4.69) is 0 Å². The van der Waals surface area contributed by atoms with Gasteiger partial charge < -0.3 is 15.7 Å². The molecule has 0 saturated carbocycles. The number of nitrogens with two attached hydrogens (primary N) is 1. The van der Waals surface area contributed by atoms with Gasteiger partial charge in [-0.3, -0.25) is 4.79 Å². The van der Waals surface area contributed by atoms with Crippen molar-refractivity contribution in [2.24, 2.45) is 5.73 Å². The van der Waals surface area contributed by atoms with E-state index in [1.165, 1.54) is 0 Å². The van der Waals surface area contributed by atoms with Crippen LogP contribution in [0.5, 0.6) is 0 Å². The molecular weight excluding hydrogens is 156 g/mol. The number of piperidine rings is 1. The van der Waals surface area contributed by atoms with Crippen molar-refractivity contribution in [1.29, 1.82) is 0 Å². The maximum absolute atomic E-state index is 11.2. The Bertz CT molecular complexity index is 172. The zero-order valence-electron chi connectivity index (χ0n) is 7.36. The summed E-state index contributed by atoms with van der Waals surface area (Å²) < 4.78 is 0. The molecule has 0 aromatic heterocycles. The zero-order valence-corrected chi connectivity index (χ0v) is 7.36. The summed E-state index contributed by atoms with van der Waals surface area (Å²) in [6.45, 7) is 2.47. The van der Waals surface area contributed by atoms with Gasteiger partial charge in [0.15, 0.2) is 0 Å². The maximum atomic E-state index is 11.2. The minimum absolute atomic E-state index is 0.0387. The summed E-state index contributed by atoms with van der Waals surface area (Å²) in [6, 6.07) is 0.226. The molecule has 0 radical (unpaired) electrons. The molecule has 1 rings (SSSR count). The van der Waals surface area contributed by atoms with Gasteiger partial charge >= 0.3 is 0 Å². The fourth-order valence-corrected chi connectivity index (χ4v) is 1.55. The SMILES string of the molecule is CC1CCC(O)CN1C(=O)CN. The van der Waals surface area contributed by atoms with Crippen LogP contribution in [-0.2, 0) is 4.79 Å². The highest BCUT2D eigenvalue weighted by molar-refractivity contribution is 5.78. The van der Waals surface area contributed by atoms with Crippen LogP contribution < -0.4 is 5.73 Å². The second-order valence-electron chi connectivity index (χ2n) is 3.33. The van der Waals surface area contributed by atoms with Gasteiger partial charge in [0.25, 0.3) is 0 Å². The number of carbonyl (C=O) groups excluding carboxylic acids is 1. The molecule has 4 heteroatoms. The van der Waals surface area contributed by atoms with Crippen LogP contribution in [0.15, 0.2) is 0 Å². The van der Waals surface area contributed by atoms with Crippen LogP contribution >= 0.6 is 0 Å². The minimum Gasteiger partial charge on any atom is -0.391 e. The predicted molar refractivity (Wildman–Crippen MR) is 45.5 cm³/mol. The van der Waals surface area contributed by atoms with Crippen molar-refractivity contribution in [1.82, 2.24) is 4.90 Å². The third kappa shape index (κ3) is 1.95. The highest BCUT2D eigenvalue weighted by Crippen LogP contribution is 2.16. The Hall–Kier alpha value is -0.610. The molecule has 1 amide bonds. The van der Waals surface area contributed by atoms with Crippen molar-refractivity contribution in [3.63, 3.8) is 0 Å². The number of aliphatic hydroxyl groups is 1. The maximum Gasteiger partial charge on any atom is 0.236 e. The summed E-state index contributed by atoms with van der Waals surface area (Å²) in [5.41, 5.74) is 5.24. The first-order valence-corrected chi connectivity index (χ1v) is 4.32. The molecule has 0 aliphatic carbocycles. The Morgan fingerprint density at radius 3 is 2.92 bits per heavy atom. The number of hydrogen-bond acceptors (Lipinski definition) is 3. The van der Waals surface area contributed by atoms with E-state index in [9.17, 15) is 9.90 Å². The molecule has 1 fully saturated rings. The number of rotatable bonds is 1. The highest BCUT2D eigenvalue weighted by Gasteiger charge is 2.26. The Labute approximate surface area is 72.3 Å². The number of carbonyl (C=O) groups is 1. The average molecular weight is 172 g/mol. The van der Waals surface area contributed by atoms with Gasteiger partial charge in [-0.1, -0.05) is 0 Å². The molecule has 3 N–H and O–H groups in total. The summed E-state index contributed by atoms with van der Waals surface area (Å²) in [7, 11) is 0. The first-order valence-electron chi connectivity index (χ1n) is 4.32. The normalized spacial score (nSPS) is 30.4. The average Bonchev–Trinajstić information content (AvgIpc) is 2.08. The fourth-order valence-electron chi connectivity index (χ4n) is 1.55. The molecule has 1 heterocycles. The van der Waals surface area contributed by atoms with Crippen LogP contribution in [0.25, 0.3) is 0 Å². The smallest absolute Gasteiger partial charge is 0.236 e. The summed E-state index contributed by atoms with van der Waals surface area (Å²) in [6.07, 6.45) is 1.29. The largest absolute Gasteiger partial charge is 0.391 e. The lowest BCUT2D eigenvalue weighted by Gasteiger charge is -2.35. The van der Waals surface area contributed by atoms with E-state index in [-0.39, 0.29) is 24.6 Å². The quantitative estimate of drug-likeness (QED) is 0.550. The van der Waals surface area contributed by atoms with Gasteiger partial charge in [0.1, 0.15) is 0 Å². The lowest BCUT2D eigenvalue weighted by Crippen LogP contribution is -2.49. The van der Waals surface area contributed by atoms with Crippen molar-refractivity contribution in [3.8, 4) is 0 Å². The van der Waals surface area contributed by atoms with E-state index in [0.29, 0.717) is 6.54 Å². The van der Waals surface area contributed by atoms with Crippen molar-refractivity contribution < 1.29 is 9.90 Å². The molecule has 0 aromatic rings. The molecule has 1 saturated heterocycles. The first-order chi connectivity index (χ1) is 5.65. The molecule has 2 unspecified atom stereocenters. The van der Waals surface area contributed by atoms with Crippen LogP contribution in [-0.4, -0.2) is 41.1 Å². The predicted octanol–water partition coefficient (Wildman–Crippen LogP) is -0.683. The van der Waals surface area contributed by atoms with Gasteiger partial charge in [-0.15, -0.1) is 0 Å². The zero-order chi connectivity index (χ0) is 9.14. The standard InChI is InChI=1S/C8H16N2O2/c1-6-2-3-7(11)5-10(6)8(12)4-9/h6-7,11H,2-5,9H2,1H3. The van der Waals surface area contributed by atoms with E-state index in [4.69, 9.17) is 5.73 Å². The van der Waals surface area contributed by atoms with E-state index in [1.807, 2.05) is 6.92 Å². The Balaban J connectivity index is 2.54.